The molecule has 3 aromatic heterocycles. The second-order valence-electron chi connectivity index (χ2n) is 13.9. The molecule has 11 rings (SSSR count). The number of hydrogen-bond donors (Lipinski definition) is 0. The summed E-state index contributed by atoms with van der Waals surface area (Å²) in [7, 11) is 0. The molecule has 56 heavy (non-hydrogen) atoms. The van der Waals surface area contributed by atoms with E-state index < -0.39 is 0 Å². The Kier molecular flexibility index (Phi) is 7.64. The van der Waals surface area contributed by atoms with Crippen LogP contribution in [0.15, 0.2) is 192 Å². The second kappa shape index (κ2) is 13.3. The number of benzene rings is 8. The van der Waals surface area contributed by atoms with Crippen LogP contribution in [0.4, 0.5) is 0 Å². The van der Waals surface area contributed by atoms with Crippen molar-refractivity contribution in [2.24, 2.45) is 0 Å². The van der Waals surface area contributed by atoms with E-state index in [0.29, 0.717) is 17.5 Å². The molecule has 4 nitrogen and oxygen atoms in total. The van der Waals surface area contributed by atoms with Crippen LogP contribution >= 0.6 is 11.3 Å². The van der Waals surface area contributed by atoms with E-state index in [1.165, 1.54) is 42.4 Å². The van der Waals surface area contributed by atoms with Gasteiger partial charge in [-0.1, -0.05) is 158 Å². The van der Waals surface area contributed by atoms with Crippen LogP contribution in [0.1, 0.15) is 0 Å². The maximum Gasteiger partial charge on any atom is 0.164 e. The smallest absolute Gasteiger partial charge is 0.164 e. The molecule has 0 fully saturated rings. The Labute approximate surface area is 327 Å². The molecule has 0 radical (unpaired) electrons. The maximum absolute atomic E-state index is 6.61. The summed E-state index contributed by atoms with van der Waals surface area (Å²) in [6.07, 6.45) is 0. The lowest BCUT2D eigenvalue weighted by molar-refractivity contribution is 0.670. The van der Waals surface area contributed by atoms with Gasteiger partial charge in [-0.05, 0) is 52.6 Å². The topological polar surface area (TPSA) is 51.8 Å². The van der Waals surface area contributed by atoms with Gasteiger partial charge in [0.15, 0.2) is 17.5 Å². The van der Waals surface area contributed by atoms with E-state index in [1.807, 2.05) is 47.7 Å². The highest BCUT2D eigenvalue weighted by Crippen LogP contribution is 2.44. The second-order valence-corrected chi connectivity index (χ2v) is 15.0. The van der Waals surface area contributed by atoms with Gasteiger partial charge in [0.1, 0.15) is 11.2 Å². The van der Waals surface area contributed by atoms with Crippen molar-refractivity contribution in [2.75, 3.05) is 0 Å². The summed E-state index contributed by atoms with van der Waals surface area (Å²) >= 11 is 1.83. The van der Waals surface area contributed by atoms with Crippen molar-refractivity contribution in [1.29, 1.82) is 0 Å². The SMILES string of the molecule is c1ccc(-c2nc(-c3ccc4c(c3)oc3c(-c5ccccc5)cccc34)nc(-c3ccc4sc5c(-c6ccccc6-c6ccccc6)cccc5c4c3)n2)cc1. The van der Waals surface area contributed by atoms with Crippen molar-refractivity contribution in [2.45, 2.75) is 0 Å². The van der Waals surface area contributed by atoms with E-state index in [4.69, 9.17) is 19.4 Å². The van der Waals surface area contributed by atoms with Gasteiger partial charge >= 0.3 is 0 Å². The van der Waals surface area contributed by atoms with Crippen molar-refractivity contribution in [3.05, 3.63) is 188 Å². The zero-order valence-corrected chi connectivity index (χ0v) is 30.9. The average molecular weight is 734 g/mol. The predicted octanol–water partition coefficient (Wildman–Crippen LogP) is 14.1. The molecule has 0 spiro atoms. The molecule has 0 aliphatic heterocycles. The van der Waals surface area contributed by atoms with Crippen molar-refractivity contribution < 1.29 is 4.42 Å². The van der Waals surface area contributed by atoms with Crippen LogP contribution in [-0.2, 0) is 0 Å². The predicted molar refractivity (Wildman–Crippen MR) is 233 cm³/mol. The van der Waals surface area contributed by atoms with Crippen LogP contribution in [0.25, 0.3) is 110 Å². The minimum atomic E-state index is 0.592. The molecule has 5 heteroatoms. The van der Waals surface area contributed by atoms with Gasteiger partial charge in [-0.25, -0.2) is 15.0 Å². The van der Waals surface area contributed by atoms with Crippen molar-refractivity contribution in [3.63, 3.8) is 0 Å². The molecule has 0 atom stereocenters. The summed E-state index contributed by atoms with van der Waals surface area (Å²) in [4.78, 5) is 15.3. The molecule has 262 valence electrons. The van der Waals surface area contributed by atoms with Gasteiger partial charge in [0.25, 0.3) is 0 Å². The summed E-state index contributed by atoms with van der Waals surface area (Å²) in [6, 6.07) is 65.6. The Bertz CT molecular complexity index is 3240. The van der Waals surface area contributed by atoms with Crippen molar-refractivity contribution in [1.82, 2.24) is 15.0 Å². The summed E-state index contributed by atoms with van der Waals surface area (Å²) in [6.45, 7) is 0. The molecule has 0 bridgehead atoms. The number of hydrogen-bond acceptors (Lipinski definition) is 5. The molecule has 0 amide bonds. The highest BCUT2D eigenvalue weighted by Gasteiger charge is 2.18. The van der Waals surface area contributed by atoms with E-state index in [1.54, 1.807) is 0 Å². The lowest BCUT2D eigenvalue weighted by atomic mass is 9.94. The largest absolute Gasteiger partial charge is 0.455 e. The Morgan fingerprint density at radius 2 is 0.875 bits per heavy atom. The summed E-state index contributed by atoms with van der Waals surface area (Å²) < 4.78 is 9.10. The highest BCUT2D eigenvalue weighted by molar-refractivity contribution is 7.26. The molecule has 0 saturated carbocycles. The zero-order chi connectivity index (χ0) is 37.0. The first-order valence-corrected chi connectivity index (χ1v) is 19.5. The van der Waals surface area contributed by atoms with E-state index in [-0.39, 0.29) is 0 Å². The molecule has 0 aliphatic carbocycles. The maximum atomic E-state index is 6.61. The van der Waals surface area contributed by atoms with Crippen LogP contribution in [0.3, 0.4) is 0 Å². The van der Waals surface area contributed by atoms with Crippen LogP contribution in [0, 0.1) is 0 Å². The molecular formula is C51H31N3OS. The third-order valence-corrected chi connectivity index (χ3v) is 11.8. The van der Waals surface area contributed by atoms with Gasteiger partial charge in [-0.2, -0.15) is 0 Å². The van der Waals surface area contributed by atoms with Gasteiger partial charge in [-0.3, -0.25) is 0 Å². The molecule has 0 unspecified atom stereocenters. The quantitative estimate of drug-likeness (QED) is 0.171. The van der Waals surface area contributed by atoms with Gasteiger partial charge in [0, 0.05) is 58.8 Å². The fourth-order valence-corrected chi connectivity index (χ4v) is 9.08. The first-order valence-electron chi connectivity index (χ1n) is 18.7. The van der Waals surface area contributed by atoms with E-state index in [9.17, 15) is 0 Å². The monoisotopic (exact) mass is 733 g/mol. The van der Waals surface area contributed by atoms with Gasteiger partial charge in [0.05, 0.1) is 0 Å². The molecule has 0 aliphatic rings. The number of furan rings is 1. The number of para-hydroxylation sites is 1. The number of thiophene rings is 1. The van der Waals surface area contributed by atoms with Crippen LogP contribution < -0.4 is 0 Å². The van der Waals surface area contributed by atoms with Crippen LogP contribution in [0.2, 0.25) is 0 Å². The summed E-state index contributed by atoms with van der Waals surface area (Å²) in [5.41, 5.74) is 11.5. The minimum Gasteiger partial charge on any atom is -0.455 e. The van der Waals surface area contributed by atoms with Gasteiger partial charge in [-0.15, -0.1) is 11.3 Å². The van der Waals surface area contributed by atoms with Crippen molar-refractivity contribution >= 4 is 53.4 Å². The first-order chi connectivity index (χ1) is 27.7. The Morgan fingerprint density at radius 3 is 1.59 bits per heavy atom. The Balaban J connectivity index is 1.05. The lowest BCUT2D eigenvalue weighted by Crippen LogP contribution is -2.00. The van der Waals surface area contributed by atoms with E-state index in [2.05, 4.69) is 152 Å². The summed E-state index contributed by atoms with van der Waals surface area (Å²) in [5.74, 6) is 1.84. The van der Waals surface area contributed by atoms with Crippen LogP contribution in [0.5, 0.6) is 0 Å². The molecule has 0 N–H and O–H groups in total. The van der Waals surface area contributed by atoms with Crippen molar-refractivity contribution in [3.8, 4) is 67.5 Å². The van der Waals surface area contributed by atoms with Crippen LogP contribution in [-0.4, -0.2) is 15.0 Å². The number of nitrogens with zero attached hydrogens (tertiary/aromatic N) is 3. The van der Waals surface area contributed by atoms with E-state index in [0.717, 1.165) is 49.8 Å². The molecular weight excluding hydrogens is 703 g/mol. The van der Waals surface area contributed by atoms with E-state index >= 15 is 0 Å². The third-order valence-electron chi connectivity index (χ3n) is 10.6. The molecule has 3 heterocycles. The lowest BCUT2D eigenvalue weighted by Gasteiger charge is -2.11. The fraction of sp³-hybridized carbons (Fsp3) is 0. The van der Waals surface area contributed by atoms with Gasteiger partial charge < -0.3 is 4.42 Å². The minimum absolute atomic E-state index is 0.592. The highest BCUT2D eigenvalue weighted by atomic mass is 32.1. The van der Waals surface area contributed by atoms with Gasteiger partial charge in [0.2, 0.25) is 0 Å². The standard InChI is InChI=1S/C51H31N3OS/c1-4-14-32(15-5-1)37-20-10-11-21-39(37)42-24-13-25-43-44-30-35(27-29-46(44)56-48(42)43)50-52-49(34-18-8-3-9-19-34)53-51(54-50)36-26-28-40-41-23-12-22-38(33-16-6-2-7-17-33)47(41)55-45(40)31-36/h1-31H. The summed E-state index contributed by atoms with van der Waals surface area (Å²) in [5, 5.41) is 4.54. The molecule has 0 saturated heterocycles. The molecule has 11 aromatic rings. The third kappa shape index (κ3) is 5.48. The Hall–Kier alpha value is -7.21. The number of rotatable bonds is 6. The fourth-order valence-electron chi connectivity index (χ4n) is 7.87. The average Bonchev–Trinajstić information content (AvgIpc) is 3.85. The molecule has 8 aromatic carbocycles. The number of fused-ring (bicyclic) bond motifs is 6. The Morgan fingerprint density at radius 1 is 0.339 bits per heavy atom. The first kappa shape index (κ1) is 32.2. The number of aromatic nitrogens is 3. The zero-order valence-electron chi connectivity index (χ0n) is 30.1. The normalized spacial score (nSPS) is 11.6.